The Morgan fingerprint density at radius 3 is 2.48 bits per heavy atom. The van der Waals surface area contributed by atoms with Crippen molar-refractivity contribution in [2.75, 3.05) is 12.3 Å². The number of hydrogen-bond donors (Lipinski definition) is 4. The summed E-state index contributed by atoms with van der Waals surface area (Å²) in [5, 5.41) is 33.9. The molecule has 0 bridgehead atoms. The molecule has 0 saturated carbocycles. The molecule has 0 aliphatic rings. The Labute approximate surface area is 162 Å². The van der Waals surface area contributed by atoms with Gasteiger partial charge in [-0.15, -0.1) is 0 Å². The maximum atomic E-state index is 12.5. The van der Waals surface area contributed by atoms with Crippen LogP contribution in [0.4, 0.5) is 18.9 Å². The second-order valence-electron chi connectivity index (χ2n) is 5.67. The van der Waals surface area contributed by atoms with Crippen LogP contribution >= 0.6 is 0 Å². The lowest BCUT2D eigenvalue weighted by atomic mass is 9.79. The van der Waals surface area contributed by atoms with Gasteiger partial charge in [0.2, 0.25) is 0 Å². The molecule has 0 spiro atoms. The molecule has 2 aromatic carbocycles. The zero-order chi connectivity index (χ0) is 21.6. The first-order chi connectivity index (χ1) is 13.7. The van der Waals surface area contributed by atoms with Crippen LogP contribution < -0.4 is 15.9 Å². The number of nitrogens with zero attached hydrogens (tertiary/aromatic N) is 2. The molecule has 0 amide bonds. The first kappa shape index (κ1) is 21.9. The minimum atomic E-state index is -4.50. The lowest BCUT2D eigenvalue weighted by molar-refractivity contribution is -0.153. The number of halogens is 3. The van der Waals surface area contributed by atoms with Crippen LogP contribution in [0.15, 0.2) is 42.6 Å². The molecule has 0 unspecified atom stereocenters. The average Bonchev–Trinajstić information content (AvgIpc) is 2.66. The fourth-order valence-corrected chi connectivity index (χ4v) is 2.47. The summed E-state index contributed by atoms with van der Waals surface area (Å²) in [6, 6.07) is 8.75. The summed E-state index contributed by atoms with van der Waals surface area (Å²) in [5.41, 5.74) is 7.51. The normalized spacial score (nSPS) is 10.8. The van der Waals surface area contributed by atoms with Crippen molar-refractivity contribution < 1.29 is 37.9 Å². The van der Waals surface area contributed by atoms with Crippen LogP contribution in [0.1, 0.15) is 0 Å². The lowest BCUT2D eigenvalue weighted by Gasteiger charge is -2.15. The Kier molecular flexibility index (Phi) is 6.96. The first-order valence-corrected chi connectivity index (χ1v) is 7.95. The Bertz CT molecular complexity index is 1000. The van der Waals surface area contributed by atoms with E-state index in [-0.39, 0.29) is 23.2 Å². The standard InChI is InChI=1S/C16H13BF3N3O3.CH2O2/c18-16(19,20)8-26-15-4-2-10(17(24)25)6-12(15)9-1-3-11-13(21)7-22-23-14(11)5-9;2-1-3/h1-7,24-25H,8H2,(H2,21,23);1H,(H,2,3). The van der Waals surface area contributed by atoms with Gasteiger partial charge >= 0.3 is 13.3 Å². The van der Waals surface area contributed by atoms with Crippen LogP contribution in [-0.4, -0.2) is 51.7 Å². The van der Waals surface area contributed by atoms with Gasteiger partial charge in [0.25, 0.3) is 6.47 Å². The van der Waals surface area contributed by atoms with E-state index >= 15 is 0 Å². The molecule has 12 heteroatoms. The molecule has 0 radical (unpaired) electrons. The first-order valence-electron chi connectivity index (χ1n) is 7.95. The molecule has 3 aromatic rings. The molecule has 1 heterocycles. The molecule has 0 atom stereocenters. The van der Waals surface area contributed by atoms with Gasteiger partial charge < -0.3 is 25.6 Å². The van der Waals surface area contributed by atoms with Gasteiger partial charge in [0.15, 0.2) is 6.61 Å². The van der Waals surface area contributed by atoms with Gasteiger partial charge in [0, 0.05) is 10.9 Å². The highest BCUT2D eigenvalue weighted by Gasteiger charge is 2.29. The number of carboxylic acid groups (broad SMARTS) is 1. The molecule has 5 N–H and O–H groups in total. The molecule has 0 aliphatic carbocycles. The number of fused-ring (bicyclic) bond motifs is 1. The van der Waals surface area contributed by atoms with Crippen molar-refractivity contribution in [3.05, 3.63) is 42.6 Å². The number of benzene rings is 2. The van der Waals surface area contributed by atoms with Crippen LogP contribution in [0.3, 0.4) is 0 Å². The van der Waals surface area contributed by atoms with Crippen molar-refractivity contribution in [2.24, 2.45) is 0 Å². The molecule has 8 nitrogen and oxygen atoms in total. The zero-order valence-corrected chi connectivity index (χ0v) is 14.7. The van der Waals surface area contributed by atoms with Gasteiger partial charge in [-0.3, -0.25) is 4.79 Å². The minimum absolute atomic E-state index is 0.0528. The quantitative estimate of drug-likeness (QED) is 0.373. The molecular weight excluding hydrogens is 394 g/mol. The minimum Gasteiger partial charge on any atom is -0.483 e. The fourth-order valence-electron chi connectivity index (χ4n) is 2.47. The van der Waals surface area contributed by atoms with Crippen LogP contribution in [0.25, 0.3) is 22.0 Å². The molecule has 0 saturated heterocycles. The molecule has 152 valence electrons. The summed E-state index contributed by atoms with van der Waals surface area (Å²) in [7, 11) is -1.78. The zero-order valence-electron chi connectivity index (χ0n) is 14.7. The highest BCUT2D eigenvalue weighted by atomic mass is 19.4. The summed E-state index contributed by atoms with van der Waals surface area (Å²) in [6.07, 6.45) is -3.11. The Morgan fingerprint density at radius 1 is 1.17 bits per heavy atom. The second-order valence-corrected chi connectivity index (χ2v) is 5.67. The average molecular weight is 409 g/mol. The third-order valence-electron chi connectivity index (χ3n) is 3.68. The summed E-state index contributed by atoms with van der Waals surface area (Å²) in [6.45, 7) is -1.72. The summed E-state index contributed by atoms with van der Waals surface area (Å²) in [4.78, 5) is 8.36. The van der Waals surface area contributed by atoms with E-state index < -0.39 is 19.9 Å². The lowest BCUT2D eigenvalue weighted by Crippen LogP contribution is -2.30. The predicted octanol–water partition coefficient (Wildman–Crippen LogP) is 1.20. The SMILES string of the molecule is Nc1cnnc2cc(-c3cc(B(O)O)ccc3OCC(F)(F)F)ccc12.O=CO. The van der Waals surface area contributed by atoms with Crippen LogP contribution in [0, 0.1) is 0 Å². The fraction of sp³-hybridized carbons (Fsp3) is 0.118. The van der Waals surface area contributed by atoms with E-state index in [9.17, 15) is 23.2 Å². The van der Waals surface area contributed by atoms with Gasteiger partial charge in [-0.2, -0.15) is 23.4 Å². The van der Waals surface area contributed by atoms with E-state index in [4.69, 9.17) is 20.4 Å². The number of rotatable bonds is 4. The van der Waals surface area contributed by atoms with Crippen molar-refractivity contribution >= 4 is 35.6 Å². The third kappa shape index (κ3) is 5.80. The van der Waals surface area contributed by atoms with E-state index in [0.717, 1.165) is 0 Å². The number of nitrogens with two attached hydrogens (primary N) is 1. The maximum absolute atomic E-state index is 12.5. The number of hydrogen-bond acceptors (Lipinski definition) is 7. The molecule has 1 aromatic heterocycles. The smallest absolute Gasteiger partial charge is 0.483 e. The largest absolute Gasteiger partial charge is 0.488 e. The summed E-state index contributed by atoms with van der Waals surface area (Å²) in [5.74, 6) is -0.0528. The van der Waals surface area contributed by atoms with Crippen molar-refractivity contribution in [1.29, 1.82) is 0 Å². The maximum Gasteiger partial charge on any atom is 0.488 e. The van der Waals surface area contributed by atoms with Crippen molar-refractivity contribution in [3.63, 3.8) is 0 Å². The topological polar surface area (TPSA) is 139 Å². The van der Waals surface area contributed by atoms with Crippen LogP contribution in [0.5, 0.6) is 5.75 Å². The van der Waals surface area contributed by atoms with Gasteiger partial charge in [-0.25, -0.2) is 0 Å². The van der Waals surface area contributed by atoms with E-state index in [1.54, 1.807) is 18.2 Å². The number of alkyl halides is 3. The highest BCUT2D eigenvalue weighted by molar-refractivity contribution is 6.58. The van der Waals surface area contributed by atoms with Gasteiger partial charge in [-0.1, -0.05) is 18.2 Å². The molecule has 0 fully saturated rings. The number of anilines is 1. The van der Waals surface area contributed by atoms with Gasteiger partial charge in [0.05, 0.1) is 17.4 Å². The Balaban J connectivity index is 0.000000941. The monoisotopic (exact) mass is 409 g/mol. The van der Waals surface area contributed by atoms with Crippen molar-refractivity contribution in [2.45, 2.75) is 6.18 Å². The highest BCUT2D eigenvalue weighted by Crippen LogP contribution is 2.33. The number of nitrogen functional groups attached to an aromatic ring is 1. The van der Waals surface area contributed by atoms with E-state index in [2.05, 4.69) is 10.2 Å². The molecule has 29 heavy (non-hydrogen) atoms. The number of ether oxygens (including phenoxy) is 1. The van der Waals surface area contributed by atoms with Crippen LogP contribution in [-0.2, 0) is 4.79 Å². The number of aromatic nitrogens is 2. The van der Waals surface area contributed by atoms with E-state index in [0.29, 0.717) is 22.2 Å². The second kappa shape index (κ2) is 9.21. The number of carbonyl (C=O) groups is 1. The Morgan fingerprint density at radius 2 is 1.86 bits per heavy atom. The van der Waals surface area contributed by atoms with Gasteiger partial charge in [0.1, 0.15) is 5.75 Å². The summed E-state index contributed by atoms with van der Waals surface area (Å²) >= 11 is 0. The Hall–Kier alpha value is -3.38. The van der Waals surface area contributed by atoms with Crippen molar-refractivity contribution in [3.8, 4) is 16.9 Å². The van der Waals surface area contributed by atoms with Crippen LogP contribution in [0.2, 0.25) is 0 Å². The molecular formula is C17H15BF3N3O5. The van der Waals surface area contributed by atoms with E-state index in [1.807, 2.05) is 0 Å². The summed E-state index contributed by atoms with van der Waals surface area (Å²) < 4.78 is 42.4. The molecule has 3 rings (SSSR count). The van der Waals surface area contributed by atoms with E-state index in [1.165, 1.54) is 24.4 Å². The predicted molar refractivity (Wildman–Crippen MR) is 99.5 cm³/mol. The third-order valence-corrected chi connectivity index (χ3v) is 3.68. The van der Waals surface area contributed by atoms with Gasteiger partial charge in [-0.05, 0) is 29.2 Å². The van der Waals surface area contributed by atoms with Crippen molar-refractivity contribution in [1.82, 2.24) is 10.2 Å². The molecule has 0 aliphatic heterocycles.